The van der Waals surface area contributed by atoms with Crippen LogP contribution < -0.4 is 11.3 Å². The number of nitrogens with zero attached hydrogens (tertiary/aromatic N) is 2. The molecule has 1 atom stereocenters. The molecule has 68 valence electrons. The van der Waals surface area contributed by atoms with Crippen LogP contribution >= 0.6 is 11.5 Å². The molecule has 0 fully saturated rings. The van der Waals surface area contributed by atoms with Crippen LogP contribution in [0.15, 0.2) is 5.38 Å². The third kappa shape index (κ3) is 2.51. The van der Waals surface area contributed by atoms with Crippen LogP contribution in [0.4, 0.5) is 0 Å². The van der Waals surface area contributed by atoms with Gasteiger partial charge in [0.05, 0.1) is 11.7 Å². The molecule has 1 heterocycles. The van der Waals surface area contributed by atoms with E-state index in [-0.39, 0.29) is 6.04 Å². The van der Waals surface area contributed by atoms with E-state index in [1.807, 2.05) is 5.38 Å². The van der Waals surface area contributed by atoms with Crippen LogP contribution in [-0.4, -0.2) is 9.59 Å². The predicted molar refractivity (Wildman–Crippen MR) is 49.4 cm³/mol. The van der Waals surface area contributed by atoms with Gasteiger partial charge in [-0.1, -0.05) is 18.3 Å². The van der Waals surface area contributed by atoms with Gasteiger partial charge in [-0.25, -0.2) is 0 Å². The minimum absolute atomic E-state index is 0.142. The summed E-state index contributed by atoms with van der Waals surface area (Å²) in [5, 5.41) is 5.89. The fourth-order valence-corrected chi connectivity index (χ4v) is 1.58. The molecule has 1 aromatic rings. The van der Waals surface area contributed by atoms with Crippen LogP contribution in [0.5, 0.6) is 0 Å². The van der Waals surface area contributed by atoms with E-state index in [4.69, 9.17) is 5.84 Å². The van der Waals surface area contributed by atoms with Crippen LogP contribution in [0.25, 0.3) is 0 Å². The van der Waals surface area contributed by atoms with Gasteiger partial charge in [0, 0.05) is 5.38 Å². The predicted octanol–water partition coefficient (Wildman–Crippen LogP) is 1.09. The highest BCUT2D eigenvalue weighted by molar-refractivity contribution is 7.03. The lowest BCUT2D eigenvalue weighted by Gasteiger charge is -2.14. The van der Waals surface area contributed by atoms with Gasteiger partial charge in [0.2, 0.25) is 0 Å². The van der Waals surface area contributed by atoms with E-state index < -0.39 is 0 Å². The Kier molecular flexibility index (Phi) is 3.58. The Hall–Kier alpha value is -0.520. The van der Waals surface area contributed by atoms with Gasteiger partial charge in [-0.2, -0.15) is 0 Å². The van der Waals surface area contributed by atoms with E-state index in [0.717, 1.165) is 12.1 Å². The molecule has 0 aromatic carbocycles. The number of hydrogen-bond donors (Lipinski definition) is 2. The number of rotatable bonds is 4. The third-order valence-electron chi connectivity index (χ3n) is 1.64. The molecule has 4 nitrogen and oxygen atoms in total. The monoisotopic (exact) mass is 186 g/mol. The molecule has 0 aliphatic rings. The molecule has 0 radical (unpaired) electrons. The largest absolute Gasteiger partial charge is 0.271 e. The van der Waals surface area contributed by atoms with Crippen LogP contribution in [0.3, 0.4) is 0 Å². The molecule has 0 aliphatic heterocycles. The lowest BCUT2D eigenvalue weighted by Crippen LogP contribution is -2.29. The highest BCUT2D eigenvalue weighted by Crippen LogP contribution is 2.18. The summed E-state index contributed by atoms with van der Waals surface area (Å²) in [7, 11) is 0. The van der Waals surface area contributed by atoms with E-state index >= 15 is 0 Å². The van der Waals surface area contributed by atoms with E-state index in [2.05, 4.69) is 28.9 Å². The second kappa shape index (κ2) is 4.49. The molecule has 1 rings (SSSR count). The fraction of sp³-hybridized carbons (Fsp3) is 0.714. The molecule has 0 amide bonds. The second-order valence-corrected chi connectivity index (χ2v) is 3.79. The average molecular weight is 186 g/mol. The SMILES string of the molecule is CC(C)CC(NN)c1csnn1. The van der Waals surface area contributed by atoms with Gasteiger partial charge in [-0.3, -0.25) is 11.3 Å². The Bertz CT molecular complexity index is 209. The highest BCUT2D eigenvalue weighted by Gasteiger charge is 2.13. The second-order valence-electron chi connectivity index (χ2n) is 3.18. The van der Waals surface area contributed by atoms with Crippen molar-refractivity contribution < 1.29 is 0 Å². The maximum absolute atomic E-state index is 5.40. The molecule has 12 heavy (non-hydrogen) atoms. The number of nitrogens with two attached hydrogens (primary N) is 1. The van der Waals surface area contributed by atoms with Gasteiger partial charge < -0.3 is 0 Å². The van der Waals surface area contributed by atoms with Crippen molar-refractivity contribution in [1.29, 1.82) is 0 Å². The van der Waals surface area contributed by atoms with Gasteiger partial charge in [0.25, 0.3) is 0 Å². The van der Waals surface area contributed by atoms with Crippen molar-refractivity contribution in [2.75, 3.05) is 0 Å². The first-order chi connectivity index (χ1) is 5.74. The van der Waals surface area contributed by atoms with Gasteiger partial charge in [-0.15, -0.1) is 5.10 Å². The van der Waals surface area contributed by atoms with Crippen molar-refractivity contribution >= 4 is 11.5 Å². The quantitative estimate of drug-likeness (QED) is 0.545. The smallest absolute Gasteiger partial charge is 0.0938 e. The maximum atomic E-state index is 5.40. The zero-order valence-corrected chi connectivity index (χ0v) is 8.14. The minimum atomic E-state index is 0.142. The summed E-state index contributed by atoms with van der Waals surface area (Å²) in [6, 6.07) is 0.142. The fourth-order valence-electron chi connectivity index (χ4n) is 1.07. The molecule has 1 unspecified atom stereocenters. The third-order valence-corrected chi connectivity index (χ3v) is 2.17. The first-order valence-electron chi connectivity index (χ1n) is 3.97. The van der Waals surface area contributed by atoms with Crippen LogP contribution in [0, 0.1) is 5.92 Å². The summed E-state index contributed by atoms with van der Waals surface area (Å²) >= 11 is 1.35. The number of aromatic nitrogens is 2. The Morgan fingerprint density at radius 3 is 2.83 bits per heavy atom. The summed E-state index contributed by atoms with van der Waals surface area (Å²) in [5.41, 5.74) is 3.68. The number of hydrogen-bond acceptors (Lipinski definition) is 5. The van der Waals surface area contributed by atoms with Crippen molar-refractivity contribution in [3.8, 4) is 0 Å². The summed E-state index contributed by atoms with van der Waals surface area (Å²) in [4.78, 5) is 0. The average Bonchev–Trinajstić information content (AvgIpc) is 2.51. The summed E-state index contributed by atoms with van der Waals surface area (Å²) in [6.45, 7) is 4.31. The van der Waals surface area contributed by atoms with Gasteiger partial charge >= 0.3 is 0 Å². The Morgan fingerprint density at radius 1 is 1.67 bits per heavy atom. The molecule has 0 bridgehead atoms. The van der Waals surface area contributed by atoms with E-state index in [9.17, 15) is 0 Å². The van der Waals surface area contributed by atoms with Crippen molar-refractivity contribution in [2.24, 2.45) is 11.8 Å². The summed E-state index contributed by atoms with van der Waals surface area (Å²) in [6.07, 6.45) is 0.988. The molecular weight excluding hydrogens is 172 g/mol. The van der Waals surface area contributed by atoms with Crippen LogP contribution in [-0.2, 0) is 0 Å². The molecule has 0 spiro atoms. The molecular formula is C7H14N4S. The Morgan fingerprint density at radius 2 is 2.42 bits per heavy atom. The lowest BCUT2D eigenvalue weighted by molar-refractivity contribution is 0.430. The van der Waals surface area contributed by atoms with Gasteiger partial charge in [0.15, 0.2) is 0 Å². The number of nitrogens with one attached hydrogen (secondary N) is 1. The molecule has 1 aromatic heterocycles. The standard InChI is InChI=1S/C7H14N4S/c1-5(2)3-6(9-8)7-4-12-11-10-7/h4-6,9H,3,8H2,1-2H3. The van der Waals surface area contributed by atoms with Crippen LogP contribution in [0.2, 0.25) is 0 Å². The zero-order chi connectivity index (χ0) is 8.97. The normalized spacial score (nSPS) is 13.7. The molecule has 0 aliphatic carbocycles. The Balaban J connectivity index is 2.57. The molecule has 3 N–H and O–H groups in total. The molecule has 5 heteroatoms. The van der Waals surface area contributed by atoms with E-state index in [0.29, 0.717) is 5.92 Å². The van der Waals surface area contributed by atoms with E-state index in [1.165, 1.54) is 11.5 Å². The minimum Gasteiger partial charge on any atom is -0.271 e. The Labute approximate surface area is 76.3 Å². The van der Waals surface area contributed by atoms with Crippen molar-refractivity contribution in [3.05, 3.63) is 11.1 Å². The van der Waals surface area contributed by atoms with Gasteiger partial charge in [0.1, 0.15) is 0 Å². The van der Waals surface area contributed by atoms with E-state index in [1.54, 1.807) is 0 Å². The first kappa shape index (κ1) is 9.57. The molecule has 0 saturated carbocycles. The van der Waals surface area contributed by atoms with Gasteiger partial charge in [-0.05, 0) is 23.9 Å². The van der Waals surface area contributed by atoms with Crippen molar-refractivity contribution in [3.63, 3.8) is 0 Å². The first-order valence-corrected chi connectivity index (χ1v) is 4.80. The zero-order valence-electron chi connectivity index (χ0n) is 7.32. The van der Waals surface area contributed by atoms with Crippen molar-refractivity contribution in [1.82, 2.24) is 15.0 Å². The number of hydrazine groups is 1. The van der Waals surface area contributed by atoms with Crippen molar-refractivity contribution in [2.45, 2.75) is 26.3 Å². The topological polar surface area (TPSA) is 63.8 Å². The molecule has 0 saturated heterocycles. The lowest BCUT2D eigenvalue weighted by atomic mass is 10.0. The maximum Gasteiger partial charge on any atom is 0.0938 e. The highest BCUT2D eigenvalue weighted by atomic mass is 32.1. The van der Waals surface area contributed by atoms with Crippen LogP contribution in [0.1, 0.15) is 32.0 Å². The summed E-state index contributed by atoms with van der Waals surface area (Å²) in [5.74, 6) is 6.00. The summed E-state index contributed by atoms with van der Waals surface area (Å²) < 4.78 is 3.79.